The number of likely N-dealkylation sites (tertiary alicyclic amines) is 1. The summed E-state index contributed by atoms with van der Waals surface area (Å²) >= 11 is 0. The van der Waals surface area contributed by atoms with Crippen LogP contribution in [0, 0.1) is 11.8 Å². The Morgan fingerprint density at radius 1 is 1.29 bits per heavy atom. The molecule has 1 aliphatic heterocycles. The summed E-state index contributed by atoms with van der Waals surface area (Å²) < 4.78 is 0. The lowest BCUT2D eigenvalue weighted by atomic mass is 9.88. The molecule has 1 rings (SSSR count). The van der Waals surface area contributed by atoms with Gasteiger partial charge < -0.3 is 10.6 Å². The van der Waals surface area contributed by atoms with Gasteiger partial charge in [0.05, 0.1) is 0 Å². The Morgan fingerprint density at radius 3 is 2.48 bits per heavy atom. The van der Waals surface area contributed by atoms with E-state index in [1.165, 1.54) is 0 Å². The van der Waals surface area contributed by atoms with Crippen molar-refractivity contribution < 1.29 is 4.79 Å². The summed E-state index contributed by atoms with van der Waals surface area (Å²) in [5.41, 5.74) is 5.68. The Morgan fingerprint density at radius 2 is 1.95 bits per heavy atom. The van der Waals surface area contributed by atoms with Crippen LogP contribution in [0.5, 0.6) is 0 Å². The van der Waals surface area contributed by atoms with Gasteiger partial charge in [0.2, 0.25) is 5.91 Å². The van der Waals surface area contributed by atoms with Crippen LogP contribution in [0.15, 0.2) is 0 Å². The number of carbonyl (C=O) groups is 1. The number of carbonyl (C=O) groups excluding carboxylic acids is 1. The van der Waals surface area contributed by atoms with Crippen molar-refractivity contribution in [2.24, 2.45) is 17.6 Å². The van der Waals surface area contributed by atoms with Crippen molar-refractivity contribution in [3.05, 3.63) is 0 Å². The van der Waals surface area contributed by atoms with Crippen LogP contribution in [-0.4, -0.2) is 54.5 Å². The Labute approximate surface area is 131 Å². The van der Waals surface area contributed by atoms with Gasteiger partial charge in [-0.3, -0.25) is 9.69 Å². The van der Waals surface area contributed by atoms with Crippen LogP contribution in [0.2, 0.25) is 0 Å². The highest BCUT2D eigenvalue weighted by Gasteiger charge is 2.29. The van der Waals surface area contributed by atoms with E-state index in [4.69, 9.17) is 5.73 Å². The van der Waals surface area contributed by atoms with Crippen LogP contribution in [0.4, 0.5) is 0 Å². The highest BCUT2D eigenvalue weighted by molar-refractivity contribution is 5.76. The summed E-state index contributed by atoms with van der Waals surface area (Å²) in [6.45, 7) is 13.6. The van der Waals surface area contributed by atoms with Gasteiger partial charge in [0, 0.05) is 25.6 Å². The molecule has 2 unspecified atom stereocenters. The van der Waals surface area contributed by atoms with E-state index in [1.807, 2.05) is 0 Å². The molecule has 1 aliphatic rings. The van der Waals surface area contributed by atoms with E-state index in [0.29, 0.717) is 30.2 Å². The smallest absolute Gasteiger partial charge is 0.222 e. The molecule has 0 radical (unpaired) electrons. The molecule has 0 aromatic rings. The molecule has 4 heteroatoms. The van der Waals surface area contributed by atoms with Crippen molar-refractivity contribution in [3.8, 4) is 0 Å². The molecule has 1 saturated heterocycles. The third-order valence-electron chi connectivity index (χ3n) is 5.05. The summed E-state index contributed by atoms with van der Waals surface area (Å²) in [5, 5.41) is 0. The molecular weight excluding hydrogens is 262 g/mol. The van der Waals surface area contributed by atoms with Crippen LogP contribution in [0.25, 0.3) is 0 Å². The molecule has 2 N–H and O–H groups in total. The Balaban J connectivity index is 2.39. The third kappa shape index (κ3) is 5.59. The zero-order chi connectivity index (χ0) is 15.8. The SMILES string of the molecule is CCN(CC)C1CCN(C(=O)CCC(CCN)C(C)C)C1. The van der Waals surface area contributed by atoms with Gasteiger partial charge in [-0.25, -0.2) is 0 Å². The minimum Gasteiger partial charge on any atom is -0.341 e. The number of amides is 1. The van der Waals surface area contributed by atoms with Crippen molar-refractivity contribution >= 4 is 5.91 Å². The lowest BCUT2D eigenvalue weighted by molar-refractivity contribution is -0.130. The average molecular weight is 297 g/mol. The van der Waals surface area contributed by atoms with E-state index in [2.05, 4.69) is 37.5 Å². The van der Waals surface area contributed by atoms with Crippen molar-refractivity contribution in [3.63, 3.8) is 0 Å². The van der Waals surface area contributed by atoms with Crippen molar-refractivity contribution in [2.45, 2.75) is 59.4 Å². The van der Waals surface area contributed by atoms with E-state index >= 15 is 0 Å². The molecule has 0 bridgehead atoms. The highest BCUT2D eigenvalue weighted by atomic mass is 16.2. The Kier molecular flexibility index (Phi) is 8.27. The lowest BCUT2D eigenvalue weighted by Gasteiger charge is -2.26. The van der Waals surface area contributed by atoms with Crippen LogP contribution < -0.4 is 5.73 Å². The first-order valence-corrected chi connectivity index (χ1v) is 8.75. The maximum Gasteiger partial charge on any atom is 0.222 e. The number of nitrogens with two attached hydrogens (primary N) is 1. The predicted molar refractivity (Wildman–Crippen MR) is 89.1 cm³/mol. The van der Waals surface area contributed by atoms with E-state index < -0.39 is 0 Å². The molecular formula is C17H35N3O. The largest absolute Gasteiger partial charge is 0.341 e. The topological polar surface area (TPSA) is 49.6 Å². The van der Waals surface area contributed by atoms with Crippen LogP contribution >= 0.6 is 0 Å². The van der Waals surface area contributed by atoms with Gasteiger partial charge in [-0.15, -0.1) is 0 Å². The summed E-state index contributed by atoms with van der Waals surface area (Å²) in [5.74, 6) is 1.54. The second-order valence-electron chi connectivity index (χ2n) is 6.62. The number of rotatable bonds is 9. The van der Waals surface area contributed by atoms with Gasteiger partial charge in [-0.05, 0) is 50.7 Å². The summed E-state index contributed by atoms with van der Waals surface area (Å²) in [7, 11) is 0. The van der Waals surface area contributed by atoms with E-state index in [9.17, 15) is 4.79 Å². The number of hydrogen-bond acceptors (Lipinski definition) is 3. The van der Waals surface area contributed by atoms with Crippen molar-refractivity contribution in [2.75, 3.05) is 32.7 Å². The molecule has 21 heavy (non-hydrogen) atoms. The van der Waals surface area contributed by atoms with Crippen molar-refractivity contribution in [1.29, 1.82) is 0 Å². The van der Waals surface area contributed by atoms with Gasteiger partial charge >= 0.3 is 0 Å². The monoisotopic (exact) mass is 297 g/mol. The van der Waals surface area contributed by atoms with Crippen LogP contribution in [-0.2, 0) is 4.79 Å². The van der Waals surface area contributed by atoms with Gasteiger partial charge in [0.15, 0.2) is 0 Å². The minimum absolute atomic E-state index is 0.340. The highest BCUT2D eigenvalue weighted by Crippen LogP contribution is 2.22. The first kappa shape index (κ1) is 18.4. The molecule has 0 spiro atoms. The summed E-state index contributed by atoms with van der Waals surface area (Å²) in [6.07, 6.45) is 3.84. The van der Waals surface area contributed by atoms with E-state index in [1.54, 1.807) is 0 Å². The fraction of sp³-hybridized carbons (Fsp3) is 0.941. The molecule has 2 atom stereocenters. The second-order valence-corrected chi connectivity index (χ2v) is 6.62. The number of hydrogen-bond donors (Lipinski definition) is 1. The minimum atomic E-state index is 0.340. The van der Waals surface area contributed by atoms with E-state index in [-0.39, 0.29) is 0 Å². The molecule has 0 aromatic heterocycles. The summed E-state index contributed by atoms with van der Waals surface area (Å²) in [6, 6.07) is 0.564. The predicted octanol–water partition coefficient (Wildman–Crippen LogP) is 2.33. The molecule has 1 heterocycles. The lowest BCUT2D eigenvalue weighted by Crippen LogP contribution is -2.38. The van der Waals surface area contributed by atoms with Crippen molar-refractivity contribution in [1.82, 2.24) is 9.80 Å². The Hall–Kier alpha value is -0.610. The second kappa shape index (κ2) is 9.42. The first-order valence-electron chi connectivity index (χ1n) is 8.75. The van der Waals surface area contributed by atoms with Gasteiger partial charge in [-0.1, -0.05) is 27.7 Å². The zero-order valence-electron chi connectivity index (χ0n) is 14.5. The molecule has 124 valence electrons. The normalized spacial score (nSPS) is 20.5. The fourth-order valence-corrected chi connectivity index (χ4v) is 3.50. The maximum atomic E-state index is 12.4. The van der Waals surface area contributed by atoms with E-state index in [0.717, 1.165) is 52.0 Å². The van der Waals surface area contributed by atoms with Gasteiger partial charge in [0.25, 0.3) is 0 Å². The molecule has 0 aromatic carbocycles. The Bertz CT molecular complexity index is 302. The third-order valence-corrected chi connectivity index (χ3v) is 5.05. The molecule has 4 nitrogen and oxygen atoms in total. The fourth-order valence-electron chi connectivity index (χ4n) is 3.50. The van der Waals surface area contributed by atoms with Gasteiger partial charge in [-0.2, -0.15) is 0 Å². The number of nitrogens with zero attached hydrogens (tertiary/aromatic N) is 2. The standard InChI is InChI=1S/C17H35N3O/c1-5-19(6-2)16-10-12-20(13-16)17(21)8-7-15(9-11-18)14(3)4/h14-16H,5-13,18H2,1-4H3. The summed E-state index contributed by atoms with van der Waals surface area (Å²) in [4.78, 5) is 16.9. The first-order chi connectivity index (χ1) is 10.0. The number of likely N-dealkylation sites (N-methyl/N-ethyl adjacent to an activating group) is 1. The molecule has 0 aliphatic carbocycles. The zero-order valence-corrected chi connectivity index (χ0v) is 14.5. The molecule has 1 amide bonds. The average Bonchev–Trinajstić information content (AvgIpc) is 2.94. The van der Waals surface area contributed by atoms with Crippen LogP contribution in [0.1, 0.15) is 53.4 Å². The quantitative estimate of drug-likeness (QED) is 0.710. The van der Waals surface area contributed by atoms with Gasteiger partial charge in [0.1, 0.15) is 0 Å². The molecule has 0 saturated carbocycles. The molecule has 1 fully saturated rings. The van der Waals surface area contributed by atoms with Crippen LogP contribution in [0.3, 0.4) is 0 Å². The maximum absolute atomic E-state index is 12.4.